The van der Waals surface area contributed by atoms with Gasteiger partial charge in [-0.15, -0.1) is 0 Å². The van der Waals surface area contributed by atoms with E-state index >= 15 is 0 Å². The van der Waals surface area contributed by atoms with Crippen LogP contribution in [0.4, 0.5) is 5.00 Å². The first-order valence-corrected chi connectivity index (χ1v) is 6.59. The van der Waals surface area contributed by atoms with Crippen molar-refractivity contribution in [3.05, 3.63) is 27.1 Å². The second-order valence-corrected chi connectivity index (χ2v) is 5.60. The van der Waals surface area contributed by atoms with Crippen molar-refractivity contribution >= 4 is 22.2 Å². The van der Waals surface area contributed by atoms with Crippen molar-refractivity contribution in [2.24, 2.45) is 11.7 Å². The van der Waals surface area contributed by atoms with Gasteiger partial charge >= 0.3 is 5.00 Å². The van der Waals surface area contributed by atoms with Crippen molar-refractivity contribution in [1.82, 2.24) is 4.90 Å². The maximum Gasteiger partial charge on any atom is 0.324 e. The van der Waals surface area contributed by atoms with Crippen molar-refractivity contribution in [1.29, 1.82) is 0 Å². The van der Waals surface area contributed by atoms with Crippen LogP contribution in [0.2, 0.25) is 0 Å². The summed E-state index contributed by atoms with van der Waals surface area (Å²) in [6.45, 7) is 3.19. The van der Waals surface area contributed by atoms with E-state index in [1.165, 1.54) is 12.1 Å². The van der Waals surface area contributed by atoms with Gasteiger partial charge in [-0.2, -0.15) is 0 Å². The van der Waals surface area contributed by atoms with Crippen molar-refractivity contribution < 1.29 is 9.72 Å². The SMILES string of the molecule is CC1CC(CN)CN1C(=O)c1ccc([N+](=O)[O-])s1. The van der Waals surface area contributed by atoms with Crippen molar-refractivity contribution in [3.63, 3.8) is 0 Å². The van der Waals surface area contributed by atoms with E-state index < -0.39 is 4.92 Å². The molecule has 1 aliphatic heterocycles. The fourth-order valence-corrected chi connectivity index (χ4v) is 3.05. The summed E-state index contributed by atoms with van der Waals surface area (Å²) in [6.07, 6.45) is 0.899. The molecule has 1 aliphatic rings. The van der Waals surface area contributed by atoms with E-state index in [9.17, 15) is 14.9 Å². The lowest BCUT2D eigenvalue weighted by Gasteiger charge is -2.20. The second-order valence-electron chi connectivity index (χ2n) is 4.54. The van der Waals surface area contributed by atoms with Crippen LogP contribution in [0.1, 0.15) is 23.0 Å². The van der Waals surface area contributed by atoms with Crippen LogP contribution in [-0.2, 0) is 0 Å². The number of nitrogens with zero attached hydrogens (tertiary/aromatic N) is 2. The smallest absolute Gasteiger partial charge is 0.324 e. The quantitative estimate of drug-likeness (QED) is 0.664. The number of carbonyl (C=O) groups is 1. The summed E-state index contributed by atoms with van der Waals surface area (Å²) in [7, 11) is 0. The van der Waals surface area contributed by atoms with Gasteiger partial charge in [-0.25, -0.2) is 0 Å². The van der Waals surface area contributed by atoms with E-state index in [1.54, 1.807) is 4.90 Å². The molecule has 2 N–H and O–H groups in total. The van der Waals surface area contributed by atoms with Gasteiger partial charge in [0.05, 0.1) is 9.80 Å². The summed E-state index contributed by atoms with van der Waals surface area (Å²) >= 11 is 0.925. The molecule has 18 heavy (non-hydrogen) atoms. The molecule has 0 aromatic carbocycles. The Bertz CT molecular complexity index is 474. The summed E-state index contributed by atoms with van der Waals surface area (Å²) in [5, 5.41) is 10.6. The molecule has 1 amide bonds. The van der Waals surface area contributed by atoms with Gasteiger partial charge in [-0.1, -0.05) is 11.3 Å². The van der Waals surface area contributed by atoms with Crippen LogP contribution in [0.5, 0.6) is 0 Å². The first-order chi connectivity index (χ1) is 8.52. The van der Waals surface area contributed by atoms with E-state index in [0.29, 0.717) is 23.9 Å². The number of thiophene rings is 1. The maximum atomic E-state index is 12.2. The molecule has 1 aromatic rings. The third-order valence-corrected chi connectivity index (χ3v) is 4.26. The van der Waals surface area contributed by atoms with Crippen LogP contribution in [0, 0.1) is 16.0 Å². The Morgan fingerprint density at radius 1 is 1.67 bits per heavy atom. The summed E-state index contributed by atoms with van der Waals surface area (Å²) in [4.78, 5) is 24.5. The molecule has 0 saturated carbocycles. The Morgan fingerprint density at radius 3 is 2.89 bits per heavy atom. The van der Waals surface area contributed by atoms with Gasteiger partial charge < -0.3 is 10.6 Å². The van der Waals surface area contributed by atoms with Crippen molar-refractivity contribution in [2.75, 3.05) is 13.1 Å². The highest BCUT2D eigenvalue weighted by Crippen LogP contribution is 2.29. The van der Waals surface area contributed by atoms with E-state index in [2.05, 4.69) is 0 Å². The molecule has 1 saturated heterocycles. The monoisotopic (exact) mass is 269 g/mol. The lowest BCUT2D eigenvalue weighted by molar-refractivity contribution is -0.380. The van der Waals surface area contributed by atoms with E-state index in [-0.39, 0.29) is 17.0 Å². The highest BCUT2D eigenvalue weighted by Gasteiger charge is 2.33. The molecular weight excluding hydrogens is 254 g/mol. The molecule has 2 heterocycles. The Morgan fingerprint density at radius 2 is 2.39 bits per heavy atom. The Balaban J connectivity index is 2.13. The summed E-state index contributed by atoms with van der Waals surface area (Å²) < 4.78 is 0. The van der Waals surface area contributed by atoms with Crippen molar-refractivity contribution in [2.45, 2.75) is 19.4 Å². The van der Waals surface area contributed by atoms with Crippen LogP contribution < -0.4 is 5.73 Å². The number of carbonyl (C=O) groups excluding carboxylic acids is 1. The van der Waals surface area contributed by atoms with Crippen molar-refractivity contribution in [3.8, 4) is 0 Å². The standard InChI is InChI=1S/C11H15N3O3S/c1-7-4-8(5-12)6-13(7)11(15)9-2-3-10(18-9)14(16)17/h2-3,7-8H,4-6,12H2,1H3. The van der Waals surface area contributed by atoms with Crippen LogP contribution in [0.15, 0.2) is 12.1 Å². The average molecular weight is 269 g/mol. The predicted octanol–water partition coefficient (Wildman–Crippen LogP) is 1.47. The second kappa shape index (κ2) is 5.03. The molecule has 1 fully saturated rings. The van der Waals surface area contributed by atoms with Gasteiger partial charge in [0.1, 0.15) is 0 Å². The number of hydrogen-bond donors (Lipinski definition) is 1. The first-order valence-electron chi connectivity index (χ1n) is 5.78. The molecule has 98 valence electrons. The summed E-state index contributed by atoms with van der Waals surface area (Å²) in [5.74, 6) is 0.204. The van der Waals surface area contributed by atoms with Gasteiger partial charge in [0.25, 0.3) is 5.91 Å². The third-order valence-electron chi connectivity index (χ3n) is 3.24. The lowest BCUT2D eigenvalue weighted by atomic mass is 10.1. The third kappa shape index (κ3) is 2.37. The van der Waals surface area contributed by atoms with E-state index in [0.717, 1.165) is 17.8 Å². The fraction of sp³-hybridized carbons (Fsp3) is 0.545. The predicted molar refractivity (Wildman–Crippen MR) is 68.6 cm³/mol. The number of hydrogen-bond acceptors (Lipinski definition) is 5. The Labute approximate surface area is 109 Å². The minimum absolute atomic E-state index is 0.000532. The molecule has 0 radical (unpaired) electrons. The zero-order valence-electron chi connectivity index (χ0n) is 10.0. The largest absolute Gasteiger partial charge is 0.335 e. The number of nitro groups is 1. The Hall–Kier alpha value is -1.47. The van der Waals surface area contributed by atoms with Crippen LogP contribution in [-0.4, -0.2) is 34.9 Å². The molecule has 0 aliphatic carbocycles. The molecule has 0 spiro atoms. The summed E-state index contributed by atoms with van der Waals surface area (Å²) in [6, 6.07) is 3.04. The number of rotatable bonds is 3. The number of likely N-dealkylation sites (tertiary alicyclic amines) is 1. The number of nitrogens with two attached hydrogens (primary N) is 1. The van der Waals surface area contributed by atoms with Crippen LogP contribution in [0.25, 0.3) is 0 Å². The highest BCUT2D eigenvalue weighted by molar-refractivity contribution is 7.17. The van der Waals surface area contributed by atoms with Crippen LogP contribution >= 0.6 is 11.3 Å². The average Bonchev–Trinajstić information content (AvgIpc) is 2.94. The first kappa shape index (κ1) is 13.0. The fourth-order valence-electron chi connectivity index (χ4n) is 2.28. The molecule has 2 unspecified atom stereocenters. The van der Waals surface area contributed by atoms with E-state index in [1.807, 2.05) is 6.92 Å². The molecular formula is C11H15N3O3S. The highest BCUT2D eigenvalue weighted by atomic mass is 32.1. The summed E-state index contributed by atoms with van der Waals surface area (Å²) in [5.41, 5.74) is 5.62. The minimum atomic E-state index is -0.475. The number of amides is 1. The van der Waals surface area contributed by atoms with Gasteiger partial charge in [-0.3, -0.25) is 14.9 Å². The van der Waals surface area contributed by atoms with E-state index in [4.69, 9.17) is 5.73 Å². The zero-order chi connectivity index (χ0) is 13.3. The maximum absolute atomic E-state index is 12.2. The topological polar surface area (TPSA) is 89.5 Å². The van der Waals surface area contributed by atoms with Gasteiger partial charge in [0.2, 0.25) is 0 Å². The normalized spacial score (nSPS) is 23.3. The van der Waals surface area contributed by atoms with Crippen LogP contribution in [0.3, 0.4) is 0 Å². The molecule has 2 rings (SSSR count). The van der Waals surface area contributed by atoms with Gasteiger partial charge in [-0.05, 0) is 31.9 Å². The minimum Gasteiger partial charge on any atom is -0.335 e. The van der Waals surface area contributed by atoms with Gasteiger partial charge in [0, 0.05) is 18.7 Å². The molecule has 1 aromatic heterocycles. The zero-order valence-corrected chi connectivity index (χ0v) is 10.9. The van der Waals surface area contributed by atoms with Gasteiger partial charge in [0.15, 0.2) is 0 Å². The molecule has 6 nitrogen and oxygen atoms in total. The Kier molecular flexibility index (Phi) is 3.63. The lowest BCUT2D eigenvalue weighted by Crippen LogP contribution is -2.33. The molecule has 7 heteroatoms. The molecule has 0 bridgehead atoms. The molecule has 2 atom stereocenters.